The van der Waals surface area contributed by atoms with Gasteiger partial charge in [-0.1, -0.05) is 0 Å². The van der Waals surface area contributed by atoms with E-state index in [1.165, 1.54) is 0 Å². The fourth-order valence-electron chi connectivity index (χ4n) is 3.81. The number of benzene rings is 1. The van der Waals surface area contributed by atoms with E-state index in [1.54, 1.807) is 12.4 Å². The van der Waals surface area contributed by atoms with E-state index in [2.05, 4.69) is 31.6 Å². The summed E-state index contributed by atoms with van der Waals surface area (Å²) in [6, 6.07) is 13.6. The highest BCUT2D eigenvalue weighted by molar-refractivity contribution is 5.64. The third-order valence-electron chi connectivity index (χ3n) is 5.98. The van der Waals surface area contributed by atoms with Crippen LogP contribution in [0.25, 0.3) is 34.3 Å². The molecular weight excluding hydrogens is 442 g/mol. The Morgan fingerprint density at radius 1 is 1.11 bits per heavy atom. The lowest BCUT2D eigenvalue weighted by atomic mass is 9.90. The van der Waals surface area contributed by atoms with Crippen molar-refractivity contribution in [3.05, 3.63) is 60.2 Å². The Kier molecular flexibility index (Phi) is 5.97. The van der Waals surface area contributed by atoms with Gasteiger partial charge in [0.2, 0.25) is 5.89 Å². The molecule has 3 aromatic heterocycles. The molecular formula is C26H31N7O2. The zero-order chi connectivity index (χ0) is 24.4. The molecule has 0 radical (unpaired) electrons. The molecule has 9 heteroatoms. The molecule has 182 valence electrons. The quantitative estimate of drug-likeness (QED) is 0.419. The highest BCUT2D eigenvalue weighted by Gasteiger charge is 2.23. The Hall–Kier alpha value is -4.16. The maximum absolute atomic E-state index is 9.46. The Bertz CT molecular complexity index is 1400. The second kappa shape index (κ2) is 9.24. The van der Waals surface area contributed by atoms with Gasteiger partial charge in [-0.2, -0.15) is 5.26 Å². The highest BCUT2D eigenvalue weighted by atomic mass is 16.5. The Labute approximate surface area is 207 Å². The molecule has 4 aromatic rings. The molecule has 0 saturated carbocycles. The summed E-state index contributed by atoms with van der Waals surface area (Å²) in [4.78, 5) is 13.6. The van der Waals surface area contributed by atoms with Crippen LogP contribution in [0.3, 0.4) is 0 Å². The van der Waals surface area contributed by atoms with Crippen LogP contribution in [0.1, 0.15) is 35.9 Å². The lowest BCUT2D eigenvalue weighted by molar-refractivity contribution is 0.223. The van der Waals surface area contributed by atoms with Crippen molar-refractivity contribution in [2.75, 3.05) is 13.1 Å². The largest absolute Gasteiger partial charge is 0.489 e. The number of aromatic nitrogens is 5. The summed E-state index contributed by atoms with van der Waals surface area (Å²) in [5.74, 6) is 1.49. The first-order valence-corrected chi connectivity index (χ1v) is 11.5. The molecule has 0 amide bonds. The van der Waals surface area contributed by atoms with Crippen molar-refractivity contribution in [3.63, 3.8) is 0 Å². The number of nitriles is 1. The standard InChI is InChI=1S/C26H25N7O2.3H2/c1-16-23(31-21(14-30-16)18-8-11-29-22(12-18)26(2,3)15-27)25-33-32-24(35-25)17-4-6-19(7-5-17)34-20-9-10-28-13-20;;;/h4-8,11-12,14,20,28H,9-10,13H2,1-3H3;3*1H/t20-;;;/m0.../s1. The van der Waals surface area contributed by atoms with Gasteiger partial charge < -0.3 is 14.5 Å². The zero-order valence-electron chi connectivity index (χ0n) is 19.8. The van der Waals surface area contributed by atoms with Crippen molar-refractivity contribution in [2.45, 2.75) is 38.7 Å². The van der Waals surface area contributed by atoms with Gasteiger partial charge in [-0.3, -0.25) is 9.97 Å². The molecule has 1 atom stereocenters. The van der Waals surface area contributed by atoms with Gasteiger partial charge in [-0.25, -0.2) is 4.98 Å². The van der Waals surface area contributed by atoms with Crippen LogP contribution in [-0.2, 0) is 5.41 Å². The lowest BCUT2D eigenvalue weighted by Crippen LogP contribution is -2.19. The molecule has 0 unspecified atom stereocenters. The summed E-state index contributed by atoms with van der Waals surface area (Å²) < 4.78 is 11.9. The molecule has 1 N–H and O–H groups in total. The molecule has 1 aromatic carbocycles. The van der Waals surface area contributed by atoms with Crippen molar-refractivity contribution in [1.82, 2.24) is 30.5 Å². The summed E-state index contributed by atoms with van der Waals surface area (Å²) >= 11 is 0. The van der Waals surface area contributed by atoms with Crippen LogP contribution in [0.15, 0.2) is 53.2 Å². The van der Waals surface area contributed by atoms with Crippen LogP contribution in [0, 0.1) is 18.3 Å². The van der Waals surface area contributed by atoms with Gasteiger partial charge in [0.25, 0.3) is 5.89 Å². The SMILES string of the molecule is Cc1ncc(-c2ccnc(C(C)(C)C#N)c2)nc1-c1nnc(-c2ccc(O[C@H]3CCNC3)cc2)o1.[HH].[HH].[HH]. The van der Waals surface area contributed by atoms with E-state index in [0.29, 0.717) is 28.7 Å². The minimum Gasteiger partial charge on any atom is -0.489 e. The number of hydrogen-bond acceptors (Lipinski definition) is 9. The molecule has 0 aliphatic carbocycles. The predicted molar refractivity (Wildman–Crippen MR) is 136 cm³/mol. The van der Waals surface area contributed by atoms with Gasteiger partial charge in [0.1, 0.15) is 17.5 Å². The van der Waals surface area contributed by atoms with Gasteiger partial charge in [0.15, 0.2) is 0 Å². The maximum Gasteiger partial charge on any atom is 0.268 e. The van der Waals surface area contributed by atoms with E-state index in [1.807, 2.05) is 57.2 Å². The second-order valence-corrected chi connectivity index (χ2v) is 9.03. The molecule has 9 nitrogen and oxygen atoms in total. The third kappa shape index (κ3) is 4.74. The summed E-state index contributed by atoms with van der Waals surface area (Å²) in [7, 11) is 0. The minimum atomic E-state index is -0.715. The van der Waals surface area contributed by atoms with Crippen LogP contribution in [0.2, 0.25) is 0 Å². The number of rotatable bonds is 6. The maximum atomic E-state index is 9.46. The molecule has 1 saturated heterocycles. The van der Waals surface area contributed by atoms with Crippen molar-refractivity contribution in [1.29, 1.82) is 5.26 Å². The van der Waals surface area contributed by atoms with Crippen molar-refractivity contribution >= 4 is 0 Å². The van der Waals surface area contributed by atoms with E-state index < -0.39 is 5.41 Å². The third-order valence-corrected chi connectivity index (χ3v) is 5.98. The Balaban J connectivity index is 0.00000169. The number of nitrogens with zero attached hydrogens (tertiary/aromatic N) is 6. The van der Waals surface area contributed by atoms with Crippen molar-refractivity contribution < 1.29 is 13.4 Å². The summed E-state index contributed by atoms with van der Waals surface area (Å²) in [5, 5.41) is 21.2. The minimum absolute atomic E-state index is 0. The lowest BCUT2D eigenvalue weighted by Gasteiger charge is -2.15. The molecule has 5 rings (SSSR count). The smallest absolute Gasteiger partial charge is 0.268 e. The van der Waals surface area contributed by atoms with Crippen LogP contribution in [0.4, 0.5) is 0 Å². The molecule has 1 fully saturated rings. The summed E-state index contributed by atoms with van der Waals surface area (Å²) in [5.41, 5.74) is 3.35. The monoisotopic (exact) mass is 473 g/mol. The summed E-state index contributed by atoms with van der Waals surface area (Å²) in [6.45, 7) is 7.35. The van der Waals surface area contributed by atoms with Crippen LogP contribution >= 0.6 is 0 Å². The predicted octanol–water partition coefficient (Wildman–Crippen LogP) is 4.84. The average Bonchev–Trinajstić information content (AvgIpc) is 3.58. The van der Waals surface area contributed by atoms with Crippen molar-refractivity contribution in [2.24, 2.45) is 0 Å². The van der Waals surface area contributed by atoms with Gasteiger partial charge in [0, 0.05) is 28.1 Å². The Morgan fingerprint density at radius 2 is 1.91 bits per heavy atom. The van der Waals surface area contributed by atoms with Crippen LogP contribution < -0.4 is 10.1 Å². The molecule has 0 spiro atoms. The van der Waals surface area contributed by atoms with Crippen LogP contribution in [-0.4, -0.2) is 44.3 Å². The molecule has 0 bridgehead atoms. The van der Waals surface area contributed by atoms with Gasteiger partial charge in [0.05, 0.1) is 34.8 Å². The van der Waals surface area contributed by atoms with Gasteiger partial charge in [-0.05, 0) is 70.1 Å². The van der Waals surface area contributed by atoms with Crippen LogP contribution in [0.5, 0.6) is 5.75 Å². The number of pyridine rings is 1. The molecule has 35 heavy (non-hydrogen) atoms. The van der Waals surface area contributed by atoms with E-state index in [4.69, 9.17) is 14.1 Å². The topological polar surface area (TPSA) is 123 Å². The Morgan fingerprint density at radius 3 is 2.66 bits per heavy atom. The van der Waals surface area contributed by atoms with Gasteiger partial charge >= 0.3 is 0 Å². The first-order valence-electron chi connectivity index (χ1n) is 11.5. The summed E-state index contributed by atoms with van der Waals surface area (Å²) in [6.07, 6.45) is 4.57. The van der Waals surface area contributed by atoms with E-state index in [0.717, 1.165) is 36.4 Å². The first kappa shape index (κ1) is 22.6. The van der Waals surface area contributed by atoms with Crippen molar-refractivity contribution in [3.8, 4) is 46.1 Å². The van der Waals surface area contributed by atoms with E-state index >= 15 is 0 Å². The second-order valence-electron chi connectivity index (χ2n) is 9.03. The first-order chi connectivity index (χ1) is 16.9. The zero-order valence-corrected chi connectivity index (χ0v) is 19.8. The number of hydrogen-bond donors (Lipinski definition) is 1. The molecule has 1 aliphatic rings. The number of aryl methyl sites for hydroxylation is 1. The average molecular weight is 474 g/mol. The fourth-order valence-corrected chi connectivity index (χ4v) is 3.81. The normalized spacial score (nSPS) is 15.7. The van der Waals surface area contributed by atoms with E-state index in [9.17, 15) is 5.26 Å². The fraction of sp³-hybridized carbons (Fsp3) is 0.308. The van der Waals surface area contributed by atoms with E-state index in [-0.39, 0.29) is 16.3 Å². The highest BCUT2D eigenvalue weighted by Crippen LogP contribution is 2.29. The number of ether oxygens (including phenoxy) is 1. The molecule has 4 heterocycles. The van der Waals surface area contributed by atoms with Gasteiger partial charge in [-0.15, -0.1) is 10.2 Å². The number of nitrogens with one attached hydrogen (secondary N) is 1. The molecule has 1 aliphatic heterocycles.